The van der Waals surface area contributed by atoms with Crippen molar-refractivity contribution in [2.45, 2.75) is 44.7 Å². The van der Waals surface area contributed by atoms with E-state index < -0.39 is 18.0 Å². The Balaban J connectivity index is 1.19. The lowest BCUT2D eigenvalue weighted by Crippen LogP contribution is -2.39. The highest BCUT2D eigenvalue weighted by molar-refractivity contribution is 6.30. The Bertz CT molecular complexity index is 1780. The van der Waals surface area contributed by atoms with E-state index in [0.29, 0.717) is 25.0 Å². The van der Waals surface area contributed by atoms with Crippen LogP contribution < -0.4 is 11.0 Å². The van der Waals surface area contributed by atoms with Crippen LogP contribution in [0.25, 0.3) is 27.8 Å². The van der Waals surface area contributed by atoms with Crippen LogP contribution in [0, 0.1) is 5.92 Å². The monoisotopic (exact) mass is 562 g/mol. The summed E-state index contributed by atoms with van der Waals surface area (Å²) < 4.78 is 30.1. The fourth-order valence-electron chi connectivity index (χ4n) is 5.52. The van der Waals surface area contributed by atoms with Gasteiger partial charge >= 0.3 is 5.69 Å². The number of alkyl halides is 2. The Morgan fingerprint density at radius 2 is 1.80 bits per heavy atom. The molecular weight excluding hydrogens is 538 g/mol. The van der Waals surface area contributed by atoms with Crippen LogP contribution in [0.1, 0.15) is 48.2 Å². The number of fused-ring (bicyclic) bond motifs is 2. The summed E-state index contributed by atoms with van der Waals surface area (Å²) in [7, 11) is 0. The van der Waals surface area contributed by atoms with E-state index in [0.717, 1.165) is 41.1 Å². The van der Waals surface area contributed by atoms with Crippen molar-refractivity contribution in [2.24, 2.45) is 5.92 Å². The van der Waals surface area contributed by atoms with Crippen molar-refractivity contribution in [2.75, 3.05) is 0 Å². The second-order valence-electron chi connectivity index (χ2n) is 10.0. The Morgan fingerprint density at radius 3 is 2.60 bits per heavy atom. The van der Waals surface area contributed by atoms with Gasteiger partial charge in [0.05, 0.1) is 27.3 Å². The number of pyridine rings is 3. The van der Waals surface area contributed by atoms with Gasteiger partial charge in [-0.3, -0.25) is 23.9 Å². The lowest BCUT2D eigenvalue weighted by atomic mass is 9.86. The quantitative estimate of drug-likeness (QED) is 0.286. The summed E-state index contributed by atoms with van der Waals surface area (Å²) in [5.41, 5.74) is 1.97. The number of carbonyl (C=O) groups excluding carboxylic acids is 1. The minimum Gasteiger partial charge on any atom is -0.349 e. The molecule has 5 aromatic rings. The molecule has 1 saturated carbocycles. The molecule has 1 N–H and O–H groups in total. The molecule has 0 spiro atoms. The molecule has 40 heavy (non-hydrogen) atoms. The third-order valence-electron chi connectivity index (χ3n) is 7.49. The van der Waals surface area contributed by atoms with Crippen LogP contribution >= 0.6 is 11.6 Å². The molecule has 4 heterocycles. The molecule has 11 heteroatoms. The van der Waals surface area contributed by atoms with E-state index in [1.165, 1.54) is 6.07 Å². The molecule has 1 aliphatic carbocycles. The Morgan fingerprint density at radius 1 is 1.02 bits per heavy atom. The van der Waals surface area contributed by atoms with Gasteiger partial charge in [-0.2, -0.15) is 0 Å². The van der Waals surface area contributed by atoms with Crippen molar-refractivity contribution in [3.8, 4) is 5.69 Å². The first-order valence-electron chi connectivity index (χ1n) is 13.0. The van der Waals surface area contributed by atoms with E-state index in [-0.39, 0.29) is 28.2 Å². The van der Waals surface area contributed by atoms with E-state index in [1.807, 2.05) is 42.5 Å². The summed E-state index contributed by atoms with van der Waals surface area (Å²) in [5.74, 6) is -0.417. The van der Waals surface area contributed by atoms with Gasteiger partial charge in [-0.05, 0) is 74.1 Å². The van der Waals surface area contributed by atoms with Gasteiger partial charge in [0.25, 0.3) is 12.3 Å². The van der Waals surface area contributed by atoms with E-state index in [4.69, 9.17) is 11.6 Å². The summed E-state index contributed by atoms with van der Waals surface area (Å²) in [5, 5.41) is 3.92. The summed E-state index contributed by atoms with van der Waals surface area (Å²) in [6, 6.07) is 14.3. The second kappa shape index (κ2) is 10.8. The first-order chi connectivity index (χ1) is 19.4. The average molecular weight is 563 g/mol. The number of carbonyl (C=O) groups is 1. The SMILES string of the molecule is O=C(NC1CCC(Cn2c(=O)n(-c3ccc4ncccc4c3)c3cccnc32)CC1)c1cc(Cl)cnc1C(F)F. The highest BCUT2D eigenvalue weighted by Gasteiger charge is 2.27. The molecule has 0 bridgehead atoms. The maximum atomic E-state index is 13.7. The fourth-order valence-corrected chi connectivity index (χ4v) is 5.68. The van der Waals surface area contributed by atoms with Crippen LogP contribution in [0.2, 0.25) is 5.02 Å². The van der Waals surface area contributed by atoms with Gasteiger partial charge < -0.3 is 5.32 Å². The molecule has 4 aromatic heterocycles. The van der Waals surface area contributed by atoms with Gasteiger partial charge in [0.15, 0.2) is 5.65 Å². The molecule has 1 fully saturated rings. The van der Waals surface area contributed by atoms with Gasteiger partial charge in [-0.15, -0.1) is 0 Å². The van der Waals surface area contributed by atoms with Crippen molar-refractivity contribution in [1.82, 2.24) is 29.4 Å². The van der Waals surface area contributed by atoms with Gasteiger partial charge in [0.1, 0.15) is 5.69 Å². The van der Waals surface area contributed by atoms with Crippen molar-refractivity contribution in [1.29, 1.82) is 0 Å². The predicted octanol–water partition coefficient (Wildman–Crippen LogP) is 5.71. The summed E-state index contributed by atoms with van der Waals surface area (Å²) in [4.78, 5) is 39.0. The number of nitrogens with zero attached hydrogens (tertiary/aromatic N) is 5. The topological polar surface area (TPSA) is 94.7 Å². The molecule has 1 aliphatic rings. The average Bonchev–Trinajstić information content (AvgIpc) is 3.24. The molecule has 6 rings (SSSR count). The molecule has 0 radical (unpaired) electrons. The zero-order chi connectivity index (χ0) is 27.8. The van der Waals surface area contributed by atoms with E-state index in [9.17, 15) is 18.4 Å². The number of hydrogen-bond acceptors (Lipinski definition) is 5. The van der Waals surface area contributed by atoms with Crippen LogP contribution in [0.3, 0.4) is 0 Å². The Hall–Kier alpha value is -4.18. The van der Waals surface area contributed by atoms with Crippen molar-refractivity contribution >= 4 is 39.6 Å². The molecule has 204 valence electrons. The van der Waals surface area contributed by atoms with Gasteiger partial charge in [0, 0.05) is 36.6 Å². The number of nitrogens with one attached hydrogen (secondary N) is 1. The standard InChI is InChI=1S/C29H25ClF2N6O2/c30-19-14-22(25(26(31)32)35-15-19)28(39)36-20-7-5-17(6-8-20)16-37-27-24(4-2-12-34-27)38(29(37)40)21-9-10-23-18(13-21)3-1-11-33-23/h1-4,9-15,17,20,26H,5-8,16H2,(H,36,39). The van der Waals surface area contributed by atoms with Gasteiger partial charge in [-0.1, -0.05) is 17.7 Å². The van der Waals surface area contributed by atoms with Crippen LogP contribution in [0.5, 0.6) is 0 Å². The number of amides is 1. The Labute approximate surface area is 232 Å². The molecule has 1 aromatic carbocycles. The minimum absolute atomic E-state index is 0.122. The molecule has 0 aliphatic heterocycles. The van der Waals surface area contributed by atoms with E-state index >= 15 is 0 Å². The number of rotatable bonds is 6. The van der Waals surface area contributed by atoms with Crippen LogP contribution in [-0.4, -0.2) is 36.0 Å². The molecule has 1 amide bonds. The first-order valence-corrected chi connectivity index (χ1v) is 13.4. The number of imidazole rings is 1. The number of halogens is 3. The van der Waals surface area contributed by atoms with Crippen LogP contribution in [0.4, 0.5) is 8.78 Å². The van der Waals surface area contributed by atoms with E-state index in [2.05, 4.69) is 20.3 Å². The smallest absolute Gasteiger partial charge is 0.334 e. The zero-order valence-corrected chi connectivity index (χ0v) is 22.1. The van der Waals surface area contributed by atoms with Gasteiger partial charge in [0.2, 0.25) is 0 Å². The second-order valence-corrected chi connectivity index (χ2v) is 10.5. The number of benzene rings is 1. The zero-order valence-electron chi connectivity index (χ0n) is 21.3. The lowest BCUT2D eigenvalue weighted by molar-refractivity contribution is 0.0904. The molecule has 0 atom stereocenters. The highest BCUT2D eigenvalue weighted by Crippen LogP contribution is 2.29. The van der Waals surface area contributed by atoms with Crippen molar-refractivity contribution in [3.63, 3.8) is 0 Å². The number of hydrogen-bond donors (Lipinski definition) is 1. The lowest BCUT2D eigenvalue weighted by Gasteiger charge is -2.29. The van der Waals surface area contributed by atoms with E-state index in [1.54, 1.807) is 21.5 Å². The Kier molecular flexibility index (Phi) is 7.02. The maximum absolute atomic E-state index is 13.7. The first kappa shape index (κ1) is 26.1. The highest BCUT2D eigenvalue weighted by atomic mass is 35.5. The maximum Gasteiger partial charge on any atom is 0.334 e. The normalized spacial score (nSPS) is 17.5. The summed E-state index contributed by atoms with van der Waals surface area (Å²) in [6.07, 6.45) is 4.48. The summed E-state index contributed by atoms with van der Waals surface area (Å²) >= 11 is 5.90. The third kappa shape index (κ3) is 4.95. The van der Waals surface area contributed by atoms with Crippen molar-refractivity contribution < 1.29 is 13.6 Å². The predicted molar refractivity (Wildman–Crippen MR) is 148 cm³/mol. The largest absolute Gasteiger partial charge is 0.349 e. The molecular formula is C29H25ClF2N6O2. The number of aromatic nitrogens is 5. The summed E-state index contributed by atoms with van der Waals surface area (Å²) in [6.45, 7) is 0.489. The van der Waals surface area contributed by atoms with Gasteiger partial charge in [-0.25, -0.2) is 18.6 Å². The fraction of sp³-hybridized carbons (Fsp3) is 0.276. The molecule has 0 unspecified atom stereocenters. The third-order valence-corrected chi connectivity index (χ3v) is 7.70. The minimum atomic E-state index is -2.88. The molecule has 8 nitrogen and oxygen atoms in total. The van der Waals surface area contributed by atoms with Crippen LogP contribution in [-0.2, 0) is 6.54 Å². The van der Waals surface area contributed by atoms with Crippen LogP contribution in [0.15, 0.2) is 71.9 Å². The van der Waals surface area contributed by atoms with Crippen molar-refractivity contribution in [3.05, 3.63) is 93.9 Å². The molecule has 0 saturated heterocycles.